The first kappa shape index (κ1) is 18.5. The fourth-order valence-electron chi connectivity index (χ4n) is 2.42. The number of nitrogens with one attached hydrogen (secondary N) is 2. The molecule has 4 nitrogen and oxygen atoms in total. The fourth-order valence-corrected chi connectivity index (χ4v) is 4.83. The van der Waals surface area contributed by atoms with Crippen molar-refractivity contribution in [3.63, 3.8) is 0 Å². The monoisotopic (exact) mass is 352 g/mol. The van der Waals surface area contributed by atoms with Crippen LogP contribution in [0.2, 0.25) is 0 Å². The van der Waals surface area contributed by atoms with Crippen LogP contribution in [0.3, 0.4) is 0 Å². The van der Waals surface area contributed by atoms with Gasteiger partial charge in [-0.2, -0.15) is 23.5 Å². The van der Waals surface area contributed by atoms with E-state index in [1.807, 2.05) is 7.05 Å². The number of carbonyl (C=O) groups excluding carboxylic acids is 2. The normalized spacial score (nSPS) is 24.0. The number of Topliss-reactive ketones (excluding diaryl/α,β-unsaturated/α-hetero) is 2. The van der Waals surface area contributed by atoms with Gasteiger partial charge in [-0.15, -0.1) is 0 Å². The van der Waals surface area contributed by atoms with Crippen LogP contribution in [-0.2, 0) is 21.1 Å². The van der Waals surface area contributed by atoms with Crippen LogP contribution in [-0.4, -0.2) is 48.7 Å². The van der Waals surface area contributed by atoms with Gasteiger partial charge in [0.05, 0.1) is 18.6 Å². The highest BCUT2D eigenvalue weighted by molar-refractivity contribution is 7.98. The predicted molar refractivity (Wildman–Crippen MR) is 99.1 cm³/mol. The molecule has 0 unspecified atom stereocenters. The molecule has 6 heteroatoms. The average Bonchev–Trinajstić information content (AvgIpc) is 2.55. The smallest absolute Gasteiger partial charge is 0.164 e. The van der Waals surface area contributed by atoms with Gasteiger partial charge in [0, 0.05) is 23.0 Å². The van der Waals surface area contributed by atoms with Crippen molar-refractivity contribution in [2.24, 2.45) is 0 Å². The van der Waals surface area contributed by atoms with Gasteiger partial charge < -0.3 is 5.32 Å². The van der Waals surface area contributed by atoms with Crippen LogP contribution in [0.1, 0.15) is 18.1 Å². The lowest BCUT2D eigenvalue weighted by Crippen LogP contribution is -2.46. The summed E-state index contributed by atoms with van der Waals surface area (Å²) in [5.74, 6) is 3.43. The fraction of sp³-hybridized carbons (Fsp3) is 0.529. The molecular formula is C17H24N2O2S2. The van der Waals surface area contributed by atoms with E-state index in [1.54, 1.807) is 30.4 Å². The third kappa shape index (κ3) is 5.64. The standard InChI is InChI=1S/C17H24N2O2S2/c1-12(20)15-10-22-8-13-5-3-4-6-14(13)9-23-11-16(18-2)17(21)7-19-15/h3-6,15-16,18-19H,7-11H2,1-2H3/t15-,16-/m0/s1. The van der Waals surface area contributed by atoms with Crippen molar-refractivity contribution < 1.29 is 9.59 Å². The largest absolute Gasteiger partial charge is 0.310 e. The molecule has 0 saturated heterocycles. The minimum absolute atomic E-state index is 0.0869. The van der Waals surface area contributed by atoms with Gasteiger partial charge in [-0.3, -0.25) is 14.9 Å². The Morgan fingerprint density at radius 1 is 1.17 bits per heavy atom. The summed E-state index contributed by atoms with van der Waals surface area (Å²) >= 11 is 3.52. The molecule has 0 saturated carbocycles. The van der Waals surface area contributed by atoms with Crippen molar-refractivity contribution in [3.8, 4) is 0 Å². The highest BCUT2D eigenvalue weighted by Crippen LogP contribution is 2.22. The van der Waals surface area contributed by atoms with E-state index in [1.165, 1.54) is 11.1 Å². The van der Waals surface area contributed by atoms with Crippen LogP contribution in [0.5, 0.6) is 0 Å². The van der Waals surface area contributed by atoms with E-state index in [9.17, 15) is 9.59 Å². The van der Waals surface area contributed by atoms with E-state index in [-0.39, 0.29) is 30.2 Å². The minimum Gasteiger partial charge on any atom is -0.310 e. The van der Waals surface area contributed by atoms with E-state index in [4.69, 9.17) is 0 Å². The van der Waals surface area contributed by atoms with E-state index in [2.05, 4.69) is 34.9 Å². The number of carbonyl (C=O) groups is 2. The number of hydrogen-bond acceptors (Lipinski definition) is 6. The number of rotatable bonds is 2. The van der Waals surface area contributed by atoms with Crippen molar-refractivity contribution in [1.82, 2.24) is 10.6 Å². The molecule has 0 amide bonds. The molecule has 0 bridgehead atoms. The molecule has 1 heterocycles. The number of hydrogen-bond donors (Lipinski definition) is 2. The van der Waals surface area contributed by atoms with Gasteiger partial charge in [0.1, 0.15) is 5.78 Å². The second kappa shape index (κ2) is 9.47. The molecule has 0 aromatic heterocycles. The molecule has 2 rings (SSSR count). The van der Waals surface area contributed by atoms with E-state index in [0.717, 1.165) is 17.3 Å². The number of benzene rings is 1. The third-order valence-electron chi connectivity index (χ3n) is 3.95. The summed E-state index contributed by atoms with van der Waals surface area (Å²) in [6.45, 7) is 1.82. The minimum atomic E-state index is -0.262. The summed E-state index contributed by atoms with van der Waals surface area (Å²) in [7, 11) is 1.81. The first-order chi connectivity index (χ1) is 11.1. The first-order valence-electron chi connectivity index (χ1n) is 7.78. The number of thioether (sulfide) groups is 2. The average molecular weight is 353 g/mol. The molecule has 0 radical (unpaired) electrons. The highest BCUT2D eigenvalue weighted by Gasteiger charge is 2.21. The van der Waals surface area contributed by atoms with Crippen LogP contribution in [0.25, 0.3) is 0 Å². The first-order valence-corrected chi connectivity index (χ1v) is 10.1. The van der Waals surface area contributed by atoms with Crippen LogP contribution < -0.4 is 10.6 Å². The molecule has 1 aliphatic rings. The maximum atomic E-state index is 12.3. The quantitative estimate of drug-likeness (QED) is 0.847. The zero-order valence-corrected chi connectivity index (χ0v) is 15.3. The Bertz CT molecular complexity index is 536. The van der Waals surface area contributed by atoms with Gasteiger partial charge in [-0.25, -0.2) is 0 Å². The summed E-state index contributed by atoms with van der Waals surface area (Å²) in [5, 5.41) is 6.22. The van der Waals surface area contributed by atoms with E-state index < -0.39 is 0 Å². The topological polar surface area (TPSA) is 58.2 Å². The van der Waals surface area contributed by atoms with Crippen molar-refractivity contribution in [2.75, 3.05) is 25.1 Å². The van der Waals surface area contributed by atoms with Crippen LogP contribution in [0, 0.1) is 0 Å². The molecule has 23 heavy (non-hydrogen) atoms. The number of likely N-dealkylation sites (N-methyl/N-ethyl adjacent to an activating group) is 1. The SMILES string of the molecule is CN[C@H]1CSCc2ccccc2CSC[C@@H](C(C)=O)NCC1=O. The van der Waals surface area contributed by atoms with E-state index in [0.29, 0.717) is 5.75 Å². The second-order valence-electron chi connectivity index (χ2n) is 5.65. The number of ketones is 2. The molecule has 2 atom stereocenters. The molecule has 0 aliphatic carbocycles. The molecule has 126 valence electrons. The van der Waals surface area contributed by atoms with Crippen molar-refractivity contribution in [3.05, 3.63) is 35.4 Å². The van der Waals surface area contributed by atoms with Crippen LogP contribution in [0.4, 0.5) is 0 Å². The Morgan fingerprint density at radius 2 is 1.78 bits per heavy atom. The summed E-state index contributed by atoms with van der Waals surface area (Å²) in [5.41, 5.74) is 2.64. The summed E-state index contributed by atoms with van der Waals surface area (Å²) in [6, 6.07) is 7.98. The molecule has 1 aliphatic heterocycles. The van der Waals surface area contributed by atoms with Crippen molar-refractivity contribution in [2.45, 2.75) is 30.5 Å². The Labute approximate surface area is 146 Å². The zero-order valence-electron chi connectivity index (χ0n) is 13.6. The lowest BCUT2D eigenvalue weighted by atomic mass is 10.1. The Kier molecular flexibility index (Phi) is 7.62. The van der Waals surface area contributed by atoms with Crippen molar-refractivity contribution >= 4 is 35.1 Å². The number of fused-ring (bicyclic) bond motifs is 1. The van der Waals surface area contributed by atoms with Gasteiger partial charge in [-0.05, 0) is 25.1 Å². The van der Waals surface area contributed by atoms with Crippen molar-refractivity contribution in [1.29, 1.82) is 0 Å². The lowest BCUT2D eigenvalue weighted by molar-refractivity contribution is -0.120. The maximum absolute atomic E-state index is 12.3. The summed E-state index contributed by atoms with van der Waals surface area (Å²) in [4.78, 5) is 24.1. The third-order valence-corrected chi connectivity index (χ3v) is 6.12. The molecule has 1 aromatic carbocycles. The van der Waals surface area contributed by atoms with Crippen LogP contribution >= 0.6 is 23.5 Å². The molecule has 1 aromatic rings. The Morgan fingerprint density at radius 3 is 2.35 bits per heavy atom. The maximum Gasteiger partial charge on any atom is 0.164 e. The van der Waals surface area contributed by atoms with Gasteiger partial charge in [0.15, 0.2) is 5.78 Å². The second-order valence-corrected chi connectivity index (χ2v) is 7.71. The zero-order chi connectivity index (χ0) is 16.7. The van der Waals surface area contributed by atoms with Gasteiger partial charge in [0.2, 0.25) is 0 Å². The van der Waals surface area contributed by atoms with Gasteiger partial charge in [-0.1, -0.05) is 24.3 Å². The van der Waals surface area contributed by atoms with Crippen LogP contribution in [0.15, 0.2) is 24.3 Å². The summed E-state index contributed by atoms with van der Waals surface area (Å²) < 4.78 is 0. The van der Waals surface area contributed by atoms with Gasteiger partial charge >= 0.3 is 0 Å². The summed E-state index contributed by atoms with van der Waals surface area (Å²) in [6.07, 6.45) is 0. The Hall–Kier alpha value is -0.820. The highest BCUT2D eigenvalue weighted by atomic mass is 32.2. The molecular weight excluding hydrogens is 328 g/mol. The molecule has 0 spiro atoms. The molecule has 2 N–H and O–H groups in total. The van der Waals surface area contributed by atoms with Gasteiger partial charge in [0.25, 0.3) is 0 Å². The Balaban J connectivity index is 2.15. The predicted octanol–water partition coefficient (Wildman–Crippen LogP) is 1.87. The lowest BCUT2D eigenvalue weighted by Gasteiger charge is -2.18. The van der Waals surface area contributed by atoms with E-state index >= 15 is 0 Å². The molecule has 0 fully saturated rings.